The second-order valence-electron chi connectivity index (χ2n) is 5.03. The number of piperidine rings is 1. The van der Waals surface area contributed by atoms with E-state index in [1.54, 1.807) is 6.92 Å². The van der Waals surface area contributed by atoms with Crippen molar-refractivity contribution in [2.24, 2.45) is 5.92 Å². The van der Waals surface area contributed by atoms with Crippen LogP contribution in [-0.4, -0.2) is 36.9 Å². The van der Waals surface area contributed by atoms with E-state index in [1.165, 1.54) is 0 Å². The number of rotatable bonds is 5. The Bertz CT molecular complexity index is 428. The fourth-order valence-corrected chi connectivity index (χ4v) is 2.79. The second kappa shape index (κ2) is 7.06. The standard InChI is InChI=1S/C15H20BrNO2/c1-12(18)13-5-7-17(8-6-13)9-10-19-15-4-2-3-14(16)11-15/h2-4,11,13H,5-10H2,1H3. The number of nitrogens with zero attached hydrogens (tertiary/aromatic N) is 1. The molecule has 1 aromatic rings. The Labute approximate surface area is 123 Å². The number of hydrogen-bond acceptors (Lipinski definition) is 3. The van der Waals surface area contributed by atoms with Gasteiger partial charge in [-0.1, -0.05) is 22.0 Å². The van der Waals surface area contributed by atoms with Crippen LogP contribution in [0.2, 0.25) is 0 Å². The molecule has 1 aliphatic rings. The minimum absolute atomic E-state index is 0.280. The second-order valence-corrected chi connectivity index (χ2v) is 5.95. The first kappa shape index (κ1) is 14.5. The summed E-state index contributed by atoms with van der Waals surface area (Å²) in [4.78, 5) is 13.7. The van der Waals surface area contributed by atoms with Gasteiger partial charge in [0.05, 0.1) is 0 Å². The molecule has 0 N–H and O–H groups in total. The maximum absolute atomic E-state index is 11.3. The van der Waals surface area contributed by atoms with E-state index in [0.717, 1.165) is 42.7 Å². The summed E-state index contributed by atoms with van der Waals surface area (Å²) in [6.45, 7) is 5.34. The van der Waals surface area contributed by atoms with Gasteiger partial charge in [0.25, 0.3) is 0 Å². The molecule has 1 heterocycles. The molecule has 19 heavy (non-hydrogen) atoms. The Balaban J connectivity index is 1.68. The lowest BCUT2D eigenvalue weighted by molar-refractivity contribution is -0.122. The summed E-state index contributed by atoms with van der Waals surface area (Å²) in [6, 6.07) is 7.89. The Hall–Kier alpha value is -0.870. The summed E-state index contributed by atoms with van der Waals surface area (Å²) in [5.41, 5.74) is 0. The van der Waals surface area contributed by atoms with Crippen molar-refractivity contribution < 1.29 is 9.53 Å². The number of halogens is 1. The fraction of sp³-hybridized carbons (Fsp3) is 0.533. The monoisotopic (exact) mass is 325 g/mol. The number of likely N-dealkylation sites (tertiary alicyclic amines) is 1. The highest BCUT2D eigenvalue weighted by Gasteiger charge is 2.21. The van der Waals surface area contributed by atoms with Crippen molar-refractivity contribution in [2.75, 3.05) is 26.2 Å². The van der Waals surface area contributed by atoms with Gasteiger partial charge in [-0.2, -0.15) is 0 Å². The Morgan fingerprint density at radius 3 is 2.79 bits per heavy atom. The molecule has 0 bridgehead atoms. The van der Waals surface area contributed by atoms with Crippen LogP contribution < -0.4 is 4.74 Å². The van der Waals surface area contributed by atoms with E-state index in [0.29, 0.717) is 12.4 Å². The predicted molar refractivity (Wildman–Crippen MR) is 79.5 cm³/mol. The molecule has 2 rings (SSSR count). The van der Waals surface area contributed by atoms with Gasteiger partial charge in [0.15, 0.2) is 0 Å². The van der Waals surface area contributed by atoms with Crippen molar-refractivity contribution in [3.8, 4) is 5.75 Å². The molecule has 4 heteroatoms. The third kappa shape index (κ3) is 4.62. The zero-order chi connectivity index (χ0) is 13.7. The minimum Gasteiger partial charge on any atom is -0.492 e. The average Bonchev–Trinajstić information content (AvgIpc) is 2.39. The van der Waals surface area contributed by atoms with E-state index in [2.05, 4.69) is 20.8 Å². The van der Waals surface area contributed by atoms with E-state index >= 15 is 0 Å². The molecular formula is C15H20BrNO2. The summed E-state index contributed by atoms with van der Waals surface area (Å²) < 4.78 is 6.76. The van der Waals surface area contributed by atoms with E-state index in [-0.39, 0.29) is 5.92 Å². The Kier molecular flexibility index (Phi) is 5.40. The first-order valence-electron chi connectivity index (χ1n) is 6.76. The predicted octanol–water partition coefficient (Wildman–Crippen LogP) is 3.13. The molecule has 3 nitrogen and oxygen atoms in total. The van der Waals surface area contributed by atoms with Gasteiger partial charge in [-0.05, 0) is 51.1 Å². The SMILES string of the molecule is CC(=O)C1CCN(CCOc2cccc(Br)c2)CC1. The Morgan fingerprint density at radius 1 is 1.42 bits per heavy atom. The number of benzene rings is 1. The molecule has 104 valence electrons. The first-order chi connectivity index (χ1) is 9.15. The number of carbonyl (C=O) groups is 1. The van der Waals surface area contributed by atoms with Crippen LogP contribution in [0, 0.1) is 5.92 Å². The Morgan fingerprint density at radius 2 is 2.16 bits per heavy atom. The molecule has 0 aromatic heterocycles. The van der Waals surface area contributed by atoms with Crippen LogP contribution in [0.5, 0.6) is 5.75 Å². The van der Waals surface area contributed by atoms with Gasteiger partial charge < -0.3 is 4.74 Å². The maximum Gasteiger partial charge on any atom is 0.133 e. The molecular weight excluding hydrogens is 306 g/mol. The van der Waals surface area contributed by atoms with Gasteiger partial charge in [-0.25, -0.2) is 0 Å². The zero-order valence-electron chi connectivity index (χ0n) is 11.3. The molecule has 0 unspecified atom stereocenters. The van der Waals surface area contributed by atoms with Gasteiger partial charge in [-0.15, -0.1) is 0 Å². The van der Waals surface area contributed by atoms with Crippen molar-refractivity contribution in [1.82, 2.24) is 4.90 Å². The highest BCUT2D eigenvalue weighted by molar-refractivity contribution is 9.10. The molecule has 0 amide bonds. The highest BCUT2D eigenvalue weighted by Crippen LogP contribution is 2.19. The van der Waals surface area contributed by atoms with Crippen LogP contribution in [0.4, 0.5) is 0 Å². The summed E-state index contributed by atoms with van der Waals surface area (Å²) >= 11 is 3.43. The van der Waals surface area contributed by atoms with Crippen molar-refractivity contribution in [2.45, 2.75) is 19.8 Å². The average molecular weight is 326 g/mol. The largest absolute Gasteiger partial charge is 0.492 e. The van der Waals surface area contributed by atoms with E-state index in [1.807, 2.05) is 24.3 Å². The molecule has 0 atom stereocenters. The van der Waals surface area contributed by atoms with Crippen molar-refractivity contribution in [3.05, 3.63) is 28.7 Å². The molecule has 1 aliphatic heterocycles. The lowest BCUT2D eigenvalue weighted by atomic mass is 9.93. The topological polar surface area (TPSA) is 29.5 Å². The maximum atomic E-state index is 11.3. The fourth-order valence-electron chi connectivity index (χ4n) is 2.41. The zero-order valence-corrected chi connectivity index (χ0v) is 12.9. The van der Waals surface area contributed by atoms with Crippen molar-refractivity contribution in [1.29, 1.82) is 0 Å². The summed E-state index contributed by atoms with van der Waals surface area (Å²) in [6.07, 6.45) is 1.98. The number of hydrogen-bond donors (Lipinski definition) is 0. The summed E-state index contributed by atoms with van der Waals surface area (Å²) in [7, 11) is 0. The van der Waals surface area contributed by atoms with E-state index in [4.69, 9.17) is 4.74 Å². The highest BCUT2D eigenvalue weighted by atomic mass is 79.9. The quantitative estimate of drug-likeness (QED) is 0.833. The van der Waals surface area contributed by atoms with E-state index < -0.39 is 0 Å². The lowest BCUT2D eigenvalue weighted by Gasteiger charge is -2.30. The summed E-state index contributed by atoms with van der Waals surface area (Å²) in [5, 5.41) is 0. The number of Topliss-reactive ketones (excluding diaryl/α,β-unsaturated/α-hetero) is 1. The van der Waals surface area contributed by atoms with Crippen molar-refractivity contribution in [3.63, 3.8) is 0 Å². The summed E-state index contributed by atoms with van der Waals surface area (Å²) in [5.74, 6) is 1.51. The molecule has 0 saturated carbocycles. The lowest BCUT2D eigenvalue weighted by Crippen LogP contribution is -2.38. The van der Waals surface area contributed by atoms with Crippen LogP contribution in [0.3, 0.4) is 0 Å². The molecule has 0 radical (unpaired) electrons. The van der Waals surface area contributed by atoms with Crippen molar-refractivity contribution >= 4 is 21.7 Å². The van der Waals surface area contributed by atoms with Crippen LogP contribution in [0.15, 0.2) is 28.7 Å². The molecule has 0 aliphatic carbocycles. The van der Waals surface area contributed by atoms with Crippen LogP contribution in [-0.2, 0) is 4.79 Å². The van der Waals surface area contributed by atoms with Gasteiger partial charge >= 0.3 is 0 Å². The third-order valence-corrected chi connectivity index (χ3v) is 4.13. The number of carbonyl (C=O) groups excluding carboxylic acids is 1. The van der Waals surface area contributed by atoms with Gasteiger partial charge in [-0.3, -0.25) is 9.69 Å². The minimum atomic E-state index is 0.280. The molecule has 1 fully saturated rings. The van der Waals surface area contributed by atoms with Gasteiger partial charge in [0, 0.05) is 16.9 Å². The van der Waals surface area contributed by atoms with E-state index in [9.17, 15) is 4.79 Å². The number of ketones is 1. The van der Waals surface area contributed by atoms with Gasteiger partial charge in [0.2, 0.25) is 0 Å². The van der Waals surface area contributed by atoms with Gasteiger partial charge in [0.1, 0.15) is 18.1 Å². The van der Waals surface area contributed by atoms with Crippen LogP contribution in [0.1, 0.15) is 19.8 Å². The smallest absolute Gasteiger partial charge is 0.133 e. The molecule has 1 saturated heterocycles. The molecule has 0 spiro atoms. The first-order valence-corrected chi connectivity index (χ1v) is 7.55. The van der Waals surface area contributed by atoms with Crippen LogP contribution >= 0.6 is 15.9 Å². The third-order valence-electron chi connectivity index (χ3n) is 3.63. The number of ether oxygens (including phenoxy) is 1. The molecule has 1 aromatic carbocycles. The van der Waals surface area contributed by atoms with Crippen LogP contribution in [0.25, 0.3) is 0 Å². The normalized spacial score (nSPS) is 17.4.